The van der Waals surface area contributed by atoms with Crippen LogP contribution in [-0.2, 0) is 0 Å². The Kier molecular flexibility index (Phi) is 3.99. The number of hydrogen-bond donors (Lipinski definition) is 1. The second kappa shape index (κ2) is 6.11. The Morgan fingerprint density at radius 2 is 2.12 bits per heavy atom. The zero-order chi connectivity index (χ0) is 17.3. The maximum Gasteiger partial charge on any atom is 0.340 e. The third kappa shape index (κ3) is 2.83. The highest BCUT2D eigenvalue weighted by Crippen LogP contribution is 2.23. The number of rotatable bonds is 3. The van der Waals surface area contributed by atoms with Crippen LogP contribution in [-0.4, -0.2) is 22.9 Å². The van der Waals surface area contributed by atoms with E-state index in [2.05, 4.69) is 11.2 Å². The minimum atomic E-state index is -0.825. The van der Waals surface area contributed by atoms with Gasteiger partial charge >= 0.3 is 6.03 Å². The van der Waals surface area contributed by atoms with Crippen molar-refractivity contribution in [3.63, 3.8) is 0 Å². The molecule has 2 N–H and O–H groups in total. The first-order valence-corrected chi connectivity index (χ1v) is 6.91. The lowest BCUT2D eigenvalue weighted by molar-refractivity contribution is 0.248. The molecule has 0 aliphatic rings. The predicted octanol–water partition coefficient (Wildman–Crippen LogP) is 3.22. The molecule has 1 heterocycles. The minimum absolute atomic E-state index is 0.111. The molecule has 0 fully saturated rings. The van der Waals surface area contributed by atoms with E-state index < -0.39 is 17.7 Å². The minimum Gasteiger partial charge on any atom is -0.494 e. The summed E-state index contributed by atoms with van der Waals surface area (Å²) in [6, 6.07) is 8.47. The van der Waals surface area contributed by atoms with E-state index in [1.807, 2.05) is 0 Å². The molecule has 1 radical (unpaired) electrons. The van der Waals surface area contributed by atoms with Crippen molar-refractivity contribution in [1.29, 1.82) is 0 Å². The van der Waals surface area contributed by atoms with Crippen molar-refractivity contribution in [1.82, 2.24) is 9.78 Å². The fraction of sp³-hybridized carbons (Fsp3) is 0.0588. The van der Waals surface area contributed by atoms with Gasteiger partial charge in [-0.05, 0) is 29.8 Å². The number of fused-ring (bicyclic) bond motifs is 1. The summed E-state index contributed by atoms with van der Waals surface area (Å²) in [5.74, 6) is -0.980. The summed E-state index contributed by atoms with van der Waals surface area (Å²) in [6.07, 6.45) is 3.28. The molecule has 2 aromatic carbocycles. The number of primary amides is 1. The number of nitrogens with two attached hydrogens (primary N) is 1. The first-order chi connectivity index (χ1) is 11.5. The zero-order valence-electron chi connectivity index (χ0n) is 12.6. The maximum absolute atomic E-state index is 13.4. The number of halogens is 2. The zero-order valence-corrected chi connectivity index (χ0v) is 12.6. The van der Waals surface area contributed by atoms with E-state index in [-0.39, 0.29) is 11.3 Å². The molecule has 0 saturated heterocycles. The first-order valence-electron chi connectivity index (χ1n) is 6.91. The van der Waals surface area contributed by atoms with E-state index in [4.69, 9.17) is 10.5 Å². The number of hydrogen-bond acceptors (Lipinski definition) is 3. The monoisotopic (exact) mass is 328 g/mol. The molecule has 3 aromatic rings. The van der Waals surface area contributed by atoms with Crippen molar-refractivity contribution in [3.8, 4) is 5.75 Å². The van der Waals surface area contributed by atoms with E-state index in [0.717, 1.165) is 10.7 Å². The van der Waals surface area contributed by atoms with Crippen LogP contribution in [0.1, 0.15) is 11.3 Å². The fourth-order valence-electron chi connectivity index (χ4n) is 2.30. The van der Waals surface area contributed by atoms with Crippen molar-refractivity contribution in [3.05, 3.63) is 59.3 Å². The number of methoxy groups -OCH3 is 1. The van der Waals surface area contributed by atoms with Gasteiger partial charge < -0.3 is 10.5 Å². The van der Waals surface area contributed by atoms with Gasteiger partial charge in [-0.25, -0.2) is 13.6 Å². The summed E-state index contributed by atoms with van der Waals surface area (Å²) < 4.78 is 32.6. The predicted molar refractivity (Wildman–Crippen MR) is 85.4 cm³/mol. The summed E-state index contributed by atoms with van der Waals surface area (Å²) in [5.41, 5.74) is 6.57. The molecule has 0 unspecified atom stereocenters. The van der Waals surface area contributed by atoms with E-state index >= 15 is 0 Å². The van der Waals surface area contributed by atoms with Crippen LogP contribution in [0.15, 0.2) is 30.3 Å². The van der Waals surface area contributed by atoms with E-state index in [9.17, 15) is 13.6 Å². The summed E-state index contributed by atoms with van der Waals surface area (Å²) in [4.78, 5) is 11.4. The van der Waals surface area contributed by atoms with Crippen molar-refractivity contribution < 1.29 is 18.3 Å². The Balaban J connectivity index is 2.05. The van der Waals surface area contributed by atoms with Gasteiger partial charge in [0.1, 0.15) is 5.82 Å². The molecule has 1 aromatic heterocycles. The number of nitrogens with zero attached hydrogens (tertiary/aromatic N) is 2. The van der Waals surface area contributed by atoms with Gasteiger partial charge in [0, 0.05) is 17.5 Å². The van der Waals surface area contributed by atoms with Crippen LogP contribution < -0.4 is 10.5 Å². The Labute approximate surface area is 135 Å². The molecule has 0 aliphatic heterocycles. The second-order valence-corrected chi connectivity index (χ2v) is 4.94. The number of benzene rings is 2. The molecule has 24 heavy (non-hydrogen) atoms. The van der Waals surface area contributed by atoms with Crippen molar-refractivity contribution in [2.45, 2.75) is 0 Å². The molecule has 5 nitrogen and oxygen atoms in total. The number of carbonyl (C=O) groups is 1. The Hall–Kier alpha value is -3.22. The van der Waals surface area contributed by atoms with Crippen LogP contribution in [0.5, 0.6) is 5.75 Å². The summed E-state index contributed by atoms with van der Waals surface area (Å²) in [7, 11) is 1.37. The average molecular weight is 328 g/mol. The van der Waals surface area contributed by atoms with Crippen LogP contribution in [0, 0.1) is 17.7 Å². The van der Waals surface area contributed by atoms with Crippen LogP contribution in [0.4, 0.5) is 13.6 Å². The lowest BCUT2D eigenvalue weighted by Crippen LogP contribution is -2.20. The number of amides is 1. The number of ether oxygens (including phenoxy) is 1. The largest absolute Gasteiger partial charge is 0.494 e. The van der Waals surface area contributed by atoms with Crippen molar-refractivity contribution in [2.24, 2.45) is 5.73 Å². The standard InChI is InChI=1S/C17H12F2N3O2/c1-24-16-8-10(2-6-13(16)19)3-7-14-12-5-4-11(18)9-15(12)22(21-14)17(20)23/h2-3,5-9H,1H3,(H2,20,23)/b7-3+. The van der Waals surface area contributed by atoms with Gasteiger partial charge in [-0.3, -0.25) is 0 Å². The normalized spacial score (nSPS) is 11.3. The van der Waals surface area contributed by atoms with Gasteiger partial charge in [0.25, 0.3) is 0 Å². The third-order valence-electron chi connectivity index (χ3n) is 3.42. The molecule has 3 rings (SSSR count). The molecule has 0 aliphatic carbocycles. The molecule has 0 saturated carbocycles. The van der Waals surface area contributed by atoms with Crippen molar-refractivity contribution in [2.75, 3.05) is 7.11 Å². The summed E-state index contributed by atoms with van der Waals surface area (Å²) in [5, 5.41) is 4.58. The summed E-state index contributed by atoms with van der Waals surface area (Å²) in [6.45, 7) is 0. The molecule has 0 atom stereocenters. The highest BCUT2D eigenvalue weighted by atomic mass is 19.1. The fourth-order valence-corrected chi connectivity index (χ4v) is 2.30. The molecule has 0 spiro atoms. The van der Waals surface area contributed by atoms with Crippen LogP contribution >= 0.6 is 0 Å². The highest BCUT2D eigenvalue weighted by molar-refractivity contribution is 5.95. The van der Waals surface area contributed by atoms with Crippen LogP contribution in [0.25, 0.3) is 23.1 Å². The molecule has 7 heteroatoms. The second-order valence-electron chi connectivity index (χ2n) is 4.94. The van der Waals surface area contributed by atoms with Gasteiger partial charge in [0.2, 0.25) is 0 Å². The Bertz CT molecular complexity index is 964. The molecule has 1 amide bonds. The summed E-state index contributed by atoms with van der Waals surface area (Å²) >= 11 is 0. The Morgan fingerprint density at radius 3 is 2.83 bits per heavy atom. The number of carbonyl (C=O) groups excluding carboxylic acids is 1. The van der Waals surface area contributed by atoms with Gasteiger partial charge in [-0.15, -0.1) is 0 Å². The molecule has 121 valence electrons. The average Bonchev–Trinajstić information content (AvgIpc) is 2.92. The van der Waals surface area contributed by atoms with Crippen LogP contribution in [0.2, 0.25) is 0 Å². The Morgan fingerprint density at radius 1 is 1.33 bits per heavy atom. The highest BCUT2D eigenvalue weighted by Gasteiger charge is 2.13. The van der Waals surface area contributed by atoms with Gasteiger partial charge in [0.05, 0.1) is 18.3 Å². The molecule has 0 bridgehead atoms. The molecular formula is C17H12F2N3O2. The smallest absolute Gasteiger partial charge is 0.340 e. The SMILES string of the molecule is COc1cc(/C=C/c2nn(C(N)=O)c3cc(F)[c]cc23)ccc1F. The topological polar surface area (TPSA) is 70.1 Å². The quantitative estimate of drug-likeness (QED) is 0.802. The van der Waals surface area contributed by atoms with Gasteiger partial charge in [0.15, 0.2) is 11.6 Å². The lowest BCUT2D eigenvalue weighted by atomic mass is 10.1. The van der Waals surface area contributed by atoms with E-state index in [0.29, 0.717) is 16.6 Å². The van der Waals surface area contributed by atoms with E-state index in [1.54, 1.807) is 18.2 Å². The maximum atomic E-state index is 13.4. The number of aromatic nitrogens is 2. The first kappa shape index (κ1) is 15.7. The van der Waals surface area contributed by atoms with Gasteiger partial charge in [-0.1, -0.05) is 12.1 Å². The third-order valence-corrected chi connectivity index (χ3v) is 3.42. The van der Waals surface area contributed by atoms with E-state index in [1.165, 1.54) is 25.3 Å². The molecular weight excluding hydrogens is 316 g/mol. The van der Waals surface area contributed by atoms with Gasteiger partial charge in [-0.2, -0.15) is 9.78 Å². The van der Waals surface area contributed by atoms with Crippen LogP contribution in [0.3, 0.4) is 0 Å². The lowest BCUT2D eigenvalue weighted by Gasteiger charge is -2.02. The van der Waals surface area contributed by atoms with Crippen molar-refractivity contribution >= 4 is 29.1 Å².